The van der Waals surface area contributed by atoms with Crippen LogP contribution in [0, 0.1) is 0 Å². The van der Waals surface area contributed by atoms with E-state index in [1.54, 1.807) is 11.3 Å². The highest BCUT2D eigenvalue weighted by Gasteiger charge is 2.14. The molecule has 4 heteroatoms. The first-order valence-corrected chi connectivity index (χ1v) is 8.64. The highest BCUT2D eigenvalue weighted by atomic mass is 35.5. The van der Waals surface area contributed by atoms with Crippen LogP contribution < -0.4 is 10.6 Å². The molecule has 0 radical (unpaired) electrons. The molecule has 0 aliphatic rings. The Balaban J connectivity index is 2.12. The van der Waals surface area contributed by atoms with Crippen LogP contribution in [0.5, 0.6) is 0 Å². The smallest absolute Gasteiger partial charge is 0.0642 e. The molecule has 0 aliphatic carbocycles. The van der Waals surface area contributed by atoms with Crippen molar-refractivity contribution in [2.75, 3.05) is 18.5 Å². The zero-order valence-corrected chi connectivity index (χ0v) is 14.3. The number of nitrogens with zero attached hydrogens (tertiary/aromatic N) is 1. The van der Waals surface area contributed by atoms with Gasteiger partial charge in [0.05, 0.1) is 10.7 Å². The largest absolute Gasteiger partial charge is 0.373 e. The molecule has 2 N–H and O–H groups in total. The number of para-hydroxylation sites is 1. The molecule has 2 aromatic rings. The molecular formula is C17H23ClN2S. The molecule has 0 aliphatic heterocycles. The summed E-state index contributed by atoms with van der Waals surface area (Å²) < 4.78 is 0. The van der Waals surface area contributed by atoms with Crippen LogP contribution >= 0.6 is 22.9 Å². The predicted octanol–water partition coefficient (Wildman–Crippen LogP) is 4.36. The minimum Gasteiger partial charge on any atom is -0.373 e. The molecule has 1 aromatic heterocycles. The molecule has 2 rings (SSSR count). The molecule has 0 bridgehead atoms. The van der Waals surface area contributed by atoms with E-state index in [0.717, 1.165) is 36.5 Å². The Labute approximate surface area is 136 Å². The topological polar surface area (TPSA) is 29.3 Å². The average molecular weight is 323 g/mol. The normalized spacial score (nSPS) is 12.4. The molecule has 2 nitrogen and oxygen atoms in total. The van der Waals surface area contributed by atoms with Gasteiger partial charge in [-0.1, -0.05) is 36.7 Å². The zero-order valence-electron chi connectivity index (χ0n) is 12.7. The Bertz CT molecular complexity index is 554. The quantitative estimate of drug-likeness (QED) is 0.820. The number of nitrogens with two attached hydrogens (primary N) is 1. The molecule has 0 saturated carbocycles. The molecule has 114 valence electrons. The summed E-state index contributed by atoms with van der Waals surface area (Å²) in [4.78, 5) is 3.65. The van der Waals surface area contributed by atoms with Crippen molar-refractivity contribution in [3.05, 3.63) is 51.2 Å². The second kappa shape index (κ2) is 7.83. The summed E-state index contributed by atoms with van der Waals surface area (Å²) in [6.07, 6.45) is 2.89. The van der Waals surface area contributed by atoms with Crippen molar-refractivity contribution in [2.45, 2.75) is 32.2 Å². The highest BCUT2D eigenvalue weighted by molar-refractivity contribution is 7.09. The van der Waals surface area contributed by atoms with Crippen molar-refractivity contribution in [2.24, 2.45) is 5.73 Å². The van der Waals surface area contributed by atoms with Gasteiger partial charge in [-0.25, -0.2) is 0 Å². The lowest BCUT2D eigenvalue weighted by Crippen LogP contribution is -2.25. The first-order valence-electron chi connectivity index (χ1n) is 7.38. The van der Waals surface area contributed by atoms with Crippen molar-refractivity contribution >= 4 is 28.6 Å². The van der Waals surface area contributed by atoms with Crippen molar-refractivity contribution in [1.82, 2.24) is 0 Å². The Morgan fingerprint density at radius 2 is 2.10 bits per heavy atom. The standard InChI is InChI=1S/C17H23ClN2S/c1-3-14(19)12-13-6-4-8-16(18)17(13)20(2)10-9-15-7-5-11-21-15/h4-8,11,14H,3,9-10,12,19H2,1-2H3. The molecule has 0 spiro atoms. The molecule has 0 fully saturated rings. The second-order valence-electron chi connectivity index (χ2n) is 5.37. The van der Waals surface area contributed by atoms with Gasteiger partial charge in [0.1, 0.15) is 0 Å². The number of rotatable bonds is 7. The third kappa shape index (κ3) is 4.47. The van der Waals surface area contributed by atoms with E-state index in [1.807, 2.05) is 12.1 Å². The van der Waals surface area contributed by atoms with Crippen LogP contribution in [0.3, 0.4) is 0 Å². The fourth-order valence-electron chi connectivity index (χ4n) is 2.42. The Morgan fingerprint density at radius 1 is 1.29 bits per heavy atom. The number of halogens is 1. The van der Waals surface area contributed by atoms with E-state index in [4.69, 9.17) is 17.3 Å². The molecule has 1 atom stereocenters. The Kier molecular flexibility index (Phi) is 6.09. The fourth-order valence-corrected chi connectivity index (χ4v) is 3.46. The van der Waals surface area contributed by atoms with Gasteiger partial charge in [0.2, 0.25) is 0 Å². The van der Waals surface area contributed by atoms with Gasteiger partial charge < -0.3 is 10.6 Å². The summed E-state index contributed by atoms with van der Waals surface area (Å²) in [7, 11) is 2.11. The monoisotopic (exact) mass is 322 g/mol. The SMILES string of the molecule is CCC(N)Cc1cccc(Cl)c1N(C)CCc1cccs1. The van der Waals surface area contributed by atoms with Gasteiger partial charge in [-0.15, -0.1) is 11.3 Å². The number of thiophene rings is 1. The number of hydrogen-bond donors (Lipinski definition) is 1. The van der Waals surface area contributed by atoms with Gasteiger partial charge >= 0.3 is 0 Å². The predicted molar refractivity (Wildman–Crippen MR) is 94.7 cm³/mol. The van der Waals surface area contributed by atoms with Crippen molar-refractivity contribution < 1.29 is 0 Å². The number of anilines is 1. The summed E-state index contributed by atoms with van der Waals surface area (Å²) >= 11 is 8.23. The number of likely N-dealkylation sites (N-methyl/N-ethyl adjacent to an activating group) is 1. The van der Waals surface area contributed by atoms with Crippen LogP contribution in [0.15, 0.2) is 35.7 Å². The minimum atomic E-state index is 0.188. The molecule has 1 unspecified atom stereocenters. The van der Waals surface area contributed by atoms with Crippen LogP contribution in [-0.4, -0.2) is 19.6 Å². The van der Waals surface area contributed by atoms with Crippen LogP contribution in [-0.2, 0) is 12.8 Å². The summed E-state index contributed by atoms with van der Waals surface area (Å²) in [6.45, 7) is 3.08. The van der Waals surface area contributed by atoms with Crippen LogP contribution in [0.2, 0.25) is 5.02 Å². The molecule has 21 heavy (non-hydrogen) atoms. The first kappa shape index (κ1) is 16.3. The van der Waals surface area contributed by atoms with Gasteiger partial charge in [-0.05, 0) is 42.3 Å². The van der Waals surface area contributed by atoms with Crippen molar-refractivity contribution in [1.29, 1.82) is 0 Å². The number of benzene rings is 1. The minimum absolute atomic E-state index is 0.188. The lowest BCUT2D eigenvalue weighted by molar-refractivity contribution is 0.645. The van der Waals surface area contributed by atoms with Crippen LogP contribution in [0.4, 0.5) is 5.69 Å². The van der Waals surface area contributed by atoms with E-state index in [9.17, 15) is 0 Å². The van der Waals surface area contributed by atoms with Gasteiger partial charge in [0.25, 0.3) is 0 Å². The first-order chi connectivity index (χ1) is 10.1. The van der Waals surface area contributed by atoms with Gasteiger partial charge in [-0.2, -0.15) is 0 Å². The molecule has 1 aromatic carbocycles. The molecular weight excluding hydrogens is 300 g/mol. The van der Waals surface area contributed by atoms with E-state index in [1.165, 1.54) is 10.4 Å². The maximum Gasteiger partial charge on any atom is 0.0642 e. The third-order valence-corrected chi connectivity index (χ3v) is 4.97. The third-order valence-electron chi connectivity index (χ3n) is 3.73. The highest BCUT2D eigenvalue weighted by Crippen LogP contribution is 2.30. The van der Waals surface area contributed by atoms with Gasteiger partial charge in [0, 0.05) is 24.5 Å². The fraction of sp³-hybridized carbons (Fsp3) is 0.412. The van der Waals surface area contributed by atoms with Crippen LogP contribution in [0.1, 0.15) is 23.8 Å². The molecule has 0 saturated heterocycles. The van der Waals surface area contributed by atoms with Crippen molar-refractivity contribution in [3.63, 3.8) is 0 Å². The number of hydrogen-bond acceptors (Lipinski definition) is 3. The van der Waals surface area contributed by atoms with E-state index in [0.29, 0.717) is 0 Å². The maximum atomic E-state index is 6.43. The second-order valence-corrected chi connectivity index (χ2v) is 6.81. The van der Waals surface area contributed by atoms with Gasteiger partial charge in [0.15, 0.2) is 0 Å². The average Bonchev–Trinajstić information content (AvgIpc) is 2.98. The van der Waals surface area contributed by atoms with E-state index in [-0.39, 0.29) is 6.04 Å². The lowest BCUT2D eigenvalue weighted by Gasteiger charge is -2.24. The zero-order chi connectivity index (χ0) is 15.2. The maximum absolute atomic E-state index is 6.43. The van der Waals surface area contributed by atoms with Crippen molar-refractivity contribution in [3.8, 4) is 0 Å². The van der Waals surface area contributed by atoms with E-state index < -0.39 is 0 Å². The van der Waals surface area contributed by atoms with Crippen LogP contribution in [0.25, 0.3) is 0 Å². The summed E-state index contributed by atoms with van der Waals surface area (Å²) in [5.74, 6) is 0. The summed E-state index contributed by atoms with van der Waals surface area (Å²) in [6, 6.07) is 10.6. The molecule has 0 amide bonds. The van der Waals surface area contributed by atoms with Gasteiger partial charge in [-0.3, -0.25) is 0 Å². The Hall–Kier alpha value is -1.03. The lowest BCUT2D eigenvalue weighted by atomic mass is 10.0. The Morgan fingerprint density at radius 3 is 2.76 bits per heavy atom. The summed E-state index contributed by atoms with van der Waals surface area (Å²) in [5, 5.41) is 2.93. The van der Waals surface area contributed by atoms with E-state index >= 15 is 0 Å². The molecule has 1 heterocycles. The van der Waals surface area contributed by atoms with E-state index in [2.05, 4.69) is 42.5 Å². The summed E-state index contributed by atoms with van der Waals surface area (Å²) in [5.41, 5.74) is 8.48.